The minimum Gasteiger partial charge on any atom is -0.345 e. The number of nitrogens with zero attached hydrogens (tertiary/aromatic N) is 1. The molecule has 0 fully saturated rings. The maximum atomic E-state index is 13.2. The van der Waals surface area contributed by atoms with E-state index < -0.39 is 17.5 Å². The zero-order valence-electron chi connectivity index (χ0n) is 7.64. The molecule has 1 aromatic carbocycles. The Balaban J connectivity index is 3.33. The van der Waals surface area contributed by atoms with E-state index in [0.717, 1.165) is 12.1 Å². The van der Waals surface area contributed by atoms with Crippen molar-refractivity contribution in [3.63, 3.8) is 0 Å². The lowest BCUT2D eigenvalue weighted by Gasteiger charge is -2.12. The summed E-state index contributed by atoms with van der Waals surface area (Å²) in [6.07, 6.45) is 0. The molecule has 76 valence electrons. The van der Waals surface area contributed by atoms with Crippen LogP contribution in [0.2, 0.25) is 0 Å². The van der Waals surface area contributed by atoms with Crippen LogP contribution in [0.3, 0.4) is 0 Å². The minimum absolute atomic E-state index is 0.142. The predicted octanol–water partition coefficient (Wildman–Crippen LogP) is 2.43. The Morgan fingerprint density at radius 1 is 1.29 bits per heavy atom. The van der Waals surface area contributed by atoms with Crippen LogP contribution in [0.5, 0.6) is 0 Å². The quantitative estimate of drug-likeness (QED) is 0.713. The van der Waals surface area contributed by atoms with Gasteiger partial charge >= 0.3 is 0 Å². The maximum Gasteiger partial charge on any atom is 0.257 e. The standard InChI is InChI=1S/C9H8BrF2NO/c1-13(2)9(14)7-5(11)3-4-6(12)8(7)10/h3-4H,1-2H3. The van der Waals surface area contributed by atoms with E-state index in [2.05, 4.69) is 15.9 Å². The Morgan fingerprint density at radius 3 is 2.29 bits per heavy atom. The monoisotopic (exact) mass is 263 g/mol. The molecule has 0 saturated carbocycles. The number of amides is 1. The topological polar surface area (TPSA) is 20.3 Å². The summed E-state index contributed by atoms with van der Waals surface area (Å²) in [4.78, 5) is 12.6. The van der Waals surface area contributed by atoms with Crippen molar-refractivity contribution in [2.75, 3.05) is 14.1 Å². The van der Waals surface area contributed by atoms with Gasteiger partial charge in [-0.15, -0.1) is 0 Å². The first-order valence-electron chi connectivity index (χ1n) is 3.80. The summed E-state index contributed by atoms with van der Waals surface area (Å²) in [7, 11) is 2.94. The number of rotatable bonds is 1. The fraction of sp³-hybridized carbons (Fsp3) is 0.222. The van der Waals surface area contributed by atoms with Gasteiger partial charge in [0.25, 0.3) is 5.91 Å². The van der Waals surface area contributed by atoms with Gasteiger partial charge < -0.3 is 4.90 Å². The lowest BCUT2D eigenvalue weighted by molar-refractivity contribution is 0.0821. The highest BCUT2D eigenvalue weighted by Gasteiger charge is 2.19. The van der Waals surface area contributed by atoms with Crippen molar-refractivity contribution in [2.45, 2.75) is 0 Å². The zero-order chi connectivity index (χ0) is 10.9. The molecule has 0 bridgehead atoms. The highest BCUT2D eigenvalue weighted by molar-refractivity contribution is 9.10. The molecule has 0 aliphatic heterocycles. The average molecular weight is 264 g/mol. The first kappa shape index (κ1) is 11.1. The molecule has 0 unspecified atom stereocenters. The number of halogens is 3. The number of benzene rings is 1. The molecular formula is C9H8BrF2NO. The summed E-state index contributed by atoms with van der Waals surface area (Å²) in [6, 6.07) is 1.89. The average Bonchev–Trinajstić information content (AvgIpc) is 2.12. The van der Waals surface area contributed by atoms with Gasteiger partial charge in [-0.1, -0.05) is 0 Å². The van der Waals surface area contributed by atoms with Crippen LogP contribution in [-0.2, 0) is 0 Å². The number of hydrogen-bond acceptors (Lipinski definition) is 1. The Kier molecular flexibility index (Phi) is 3.21. The molecular weight excluding hydrogens is 256 g/mol. The minimum atomic E-state index is -0.739. The van der Waals surface area contributed by atoms with E-state index in [9.17, 15) is 13.6 Å². The number of carbonyl (C=O) groups is 1. The SMILES string of the molecule is CN(C)C(=O)c1c(F)ccc(F)c1Br. The second kappa shape index (κ2) is 4.04. The highest BCUT2D eigenvalue weighted by atomic mass is 79.9. The normalized spacial score (nSPS) is 10.1. The molecule has 0 N–H and O–H groups in total. The van der Waals surface area contributed by atoms with Crippen LogP contribution >= 0.6 is 15.9 Å². The third-order valence-corrected chi connectivity index (χ3v) is 2.44. The van der Waals surface area contributed by atoms with E-state index in [-0.39, 0.29) is 10.0 Å². The molecule has 5 heteroatoms. The predicted molar refractivity (Wildman–Crippen MR) is 52.1 cm³/mol. The van der Waals surface area contributed by atoms with Gasteiger partial charge in [-0.05, 0) is 28.1 Å². The Morgan fingerprint density at radius 2 is 1.79 bits per heavy atom. The van der Waals surface area contributed by atoms with Gasteiger partial charge in [0, 0.05) is 14.1 Å². The van der Waals surface area contributed by atoms with Gasteiger partial charge in [0.15, 0.2) is 0 Å². The van der Waals surface area contributed by atoms with Crippen molar-refractivity contribution in [3.05, 3.63) is 33.8 Å². The first-order valence-corrected chi connectivity index (χ1v) is 4.59. The van der Waals surface area contributed by atoms with Gasteiger partial charge in [0.1, 0.15) is 11.6 Å². The van der Waals surface area contributed by atoms with Crippen molar-refractivity contribution in [1.82, 2.24) is 4.90 Å². The van der Waals surface area contributed by atoms with Crippen LogP contribution in [0.15, 0.2) is 16.6 Å². The van der Waals surface area contributed by atoms with E-state index in [1.54, 1.807) is 0 Å². The lowest BCUT2D eigenvalue weighted by Crippen LogP contribution is -2.23. The van der Waals surface area contributed by atoms with Crippen molar-refractivity contribution in [1.29, 1.82) is 0 Å². The van der Waals surface area contributed by atoms with Gasteiger partial charge in [0.2, 0.25) is 0 Å². The molecule has 0 aliphatic carbocycles. The molecule has 0 heterocycles. The smallest absolute Gasteiger partial charge is 0.257 e. The first-order chi connectivity index (χ1) is 6.45. The third-order valence-electron chi connectivity index (χ3n) is 1.66. The van der Waals surface area contributed by atoms with Crippen LogP contribution in [0.1, 0.15) is 10.4 Å². The molecule has 1 aromatic rings. The number of carbonyl (C=O) groups excluding carboxylic acids is 1. The van der Waals surface area contributed by atoms with E-state index in [1.165, 1.54) is 19.0 Å². The van der Waals surface area contributed by atoms with Crippen molar-refractivity contribution in [3.8, 4) is 0 Å². The largest absolute Gasteiger partial charge is 0.345 e. The molecule has 1 amide bonds. The van der Waals surface area contributed by atoms with Gasteiger partial charge in [-0.3, -0.25) is 4.79 Å². The zero-order valence-corrected chi connectivity index (χ0v) is 9.23. The van der Waals surface area contributed by atoms with E-state index in [4.69, 9.17) is 0 Å². The fourth-order valence-electron chi connectivity index (χ4n) is 0.947. The molecule has 0 aromatic heterocycles. The Labute approximate surface area is 88.6 Å². The highest BCUT2D eigenvalue weighted by Crippen LogP contribution is 2.24. The molecule has 2 nitrogen and oxygen atoms in total. The van der Waals surface area contributed by atoms with Crippen LogP contribution < -0.4 is 0 Å². The maximum absolute atomic E-state index is 13.2. The van der Waals surface area contributed by atoms with Crippen molar-refractivity contribution >= 4 is 21.8 Å². The molecule has 0 spiro atoms. The van der Waals surface area contributed by atoms with Crippen LogP contribution in [0.25, 0.3) is 0 Å². The van der Waals surface area contributed by atoms with Gasteiger partial charge in [0.05, 0.1) is 10.0 Å². The third kappa shape index (κ3) is 1.92. The summed E-state index contributed by atoms with van der Waals surface area (Å²) >= 11 is 2.84. The van der Waals surface area contributed by atoms with Crippen LogP contribution in [0, 0.1) is 11.6 Å². The van der Waals surface area contributed by atoms with Crippen LogP contribution in [0.4, 0.5) is 8.78 Å². The number of hydrogen-bond donors (Lipinski definition) is 0. The van der Waals surface area contributed by atoms with Crippen molar-refractivity contribution < 1.29 is 13.6 Å². The fourth-order valence-corrected chi connectivity index (χ4v) is 1.44. The molecule has 0 saturated heterocycles. The Bertz CT molecular complexity index is 379. The van der Waals surface area contributed by atoms with Gasteiger partial charge in [-0.2, -0.15) is 0 Å². The molecule has 0 atom stereocenters. The summed E-state index contributed by atoms with van der Waals surface area (Å²) in [5.74, 6) is -1.97. The van der Waals surface area contributed by atoms with Crippen LogP contribution in [-0.4, -0.2) is 24.9 Å². The summed E-state index contributed by atoms with van der Waals surface area (Å²) in [5.41, 5.74) is -0.282. The van der Waals surface area contributed by atoms with Crippen molar-refractivity contribution in [2.24, 2.45) is 0 Å². The second-order valence-electron chi connectivity index (χ2n) is 2.92. The van der Waals surface area contributed by atoms with Gasteiger partial charge in [-0.25, -0.2) is 8.78 Å². The molecule has 0 aliphatic rings. The van der Waals surface area contributed by atoms with E-state index in [0.29, 0.717) is 0 Å². The summed E-state index contributed by atoms with van der Waals surface area (Å²) < 4.78 is 26.1. The van der Waals surface area contributed by atoms with E-state index >= 15 is 0 Å². The second-order valence-corrected chi connectivity index (χ2v) is 3.71. The lowest BCUT2D eigenvalue weighted by atomic mass is 10.2. The Hall–Kier alpha value is -0.970. The molecule has 14 heavy (non-hydrogen) atoms. The molecule has 1 rings (SSSR count). The van der Waals surface area contributed by atoms with E-state index in [1.807, 2.05) is 0 Å². The summed E-state index contributed by atoms with van der Waals surface area (Å²) in [6.45, 7) is 0. The molecule has 0 radical (unpaired) electrons. The summed E-state index contributed by atoms with van der Waals surface area (Å²) in [5, 5.41) is 0.